The number of benzene rings is 2. The van der Waals surface area contributed by atoms with E-state index in [-0.39, 0.29) is 12.6 Å². The Bertz CT molecular complexity index is 689. The van der Waals surface area contributed by atoms with Gasteiger partial charge in [0.05, 0.1) is 42.4 Å². The number of aliphatic hydroxyl groups is 1. The van der Waals surface area contributed by atoms with E-state index in [1.165, 1.54) is 7.11 Å². The molecule has 0 amide bonds. The molecule has 2 rings (SSSR count). The van der Waals surface area contributed by atoms with Gasteiger partial charge in [-0.25, -0.2) is 4.79 Å². The van der Waals surface area contributed by atoms with Crippen LogP contribution in [0.1, 0.15) is 15.9 Å². The van der Waals surface area contributed by atoms with Crippen LogP contribution in [0.5, 0.6) is 11.5 Å². The minimum atomic E-state index is -0.370. The van der Waals surface area contributed by atoms with E-state index in [1.807, 2.05) is 12.1 Å². The molecule has 0 aliphatic heterocycles. The standard InChI is InChI=1S/C9H9BrO3.C8H9BrO2/c1-12-8-5-6(9(11)13-2)3-4-7(8)10;1-11-8-4-6(5-10)2-3-7(8)9/h3-5H,1-2H3;2-4,10H,5H2,1H3. The highest BCUT2D eigenvalue weighted by Crippen LogP contribution is 2.26. The molecule has 0 heterocycles. The van der Waals surface area contributed by atoms with Crippen molar-refractivity contribution in [3.05, 3.63) is 56.5 Å². The molecule has 0 atom stereocenters. The molecule has 130 valence electrons. The number of rotatable bonds is 4. The lowest BCUT2D eigenvalue weighted by molar-refractivity contribution is 0.0600. The normalized spacial score (nSPS) is 9.58. The quantitative estimate of drug-likeness (QED) is 0.691. The van der Waals surface area contributed by atoms with Crippen molar-refractivity contribution in [2.75, 3.05) is 21.3 Å². The van der Waals surface area contributed by atoms with Crippen LogP contribution in [0, 0.1) is 0 Å². The highest BCUT2D eigenvalue weighted by Gasteiger charge is 2.08. The lowest BCUT2D eigenvalue weighted by Gasteiger charge is -2.04. The van der Waals surface area contributed by atoms with Crippen molar-refractivity contribution in [1.29, 1.82) is 0 Å². The van der Waals surface area contributed by atoms with Gasteiger partial charge in [0.2, 0.25) is 0 Å². The van der Waals surface area contributed by atoms with Crippen LogP contribution in [-0.2, 0) is 11.3 Å². The van der Waals surface area contributed by atoms with E-state index >= 15 is 0 Å². The third-order valence-corrected chi connectivity index (χ3v) is 4.28. The molecule has 0 aliphatic carbocycles. The molecule has 0 saturated heterocycles. The summed E-state index contributed by atoms with van der Waals surface area (Å²) in [7, 11) is 4.49. The maximum absolute atomic E-state index is 11.1. The smallest absolute Gasteiger partial charge is 0.337 e. The number of carbonyl (C=O) groups excluding carboxylic acids is 1. The second-order valence-electron chi connectivity index (χ2n) is 4.47. The fourth-order valence-corrected chi connectivity index (χ4v) is 2.52. The zero-order valence-electron chi connectivity index (χ0n) is 13.5. The van der Waals surface area contributed by atoms with Crippen molar-refractivity contribution in [2.24, 2.45) is 0 Å². The third-order valence-electron chi connectivity index (χ3n) is 2.97. The van der Waals surface area contributed by atoms with E-state index in [4.69, 9.17) is 14.6 Å². The average Bonchev–Trinajstić information content (AvgIpc) is 2.62. The number of aliphatic hydroxyl groups excluding tert-OH is 1. The first-order valence-electron chi connectivity index (χ1n) is 6.82. The van der Waals surface area contributed by atoms with E-state index in [0.29, 0.717) is 11.3 Å². The molecule has 7 heteroatoms. The van der Waals surface area contributed by atoms with Gasteiger partial charge in [0.1, 0.15) is 11.5 Å². The van der Waals surface area contributed by atoms with E-state index in [2.05, 4.69) is 36.6 Å². The Balaban J connectivity index is 0.000000243. The van der Waals surface area contributed by atoms with Gasteiger partial charge in [0.15, 0.2) is 0 Å². The summed E-state index contributed by atoms with van der Waals surface area (Å²) in [6, 6.07) is 10.5. The van der Waals surface area contributed by atoms with E-state index in [9.17, 15) is 4.79 Å². The molecular weight excluding hydrogens is 444 g/mol. The predicted molar refractivity (Wildman–Crippen MR) is 98.7 cm³/mol. The third kappa shape index (κ3) is 5.81. The highest BCUT2D eigenvalue weighted by atomic mass is 79.9. The monoisotopic (exact) mass is 460 g/mol. The Morgan fingerprint density at radius 1 is 0.958 bits per heavy atom. The summed E-state index contributed by atoms with van der Waals surface area (Å²) in [5.74, 6) is 0.991. The average molecular weight is 462 g/mol. The molecular formula is C17H18Br2O5. The second-order valence-corrected chi connectivity index (χ2v) is 6.18. The zero-order chi connectivity index (χ0) is 18.1. The Kier molecular flexibility index (Phi) is 8.81. The summed E-state index contributed by atoms with van der Waals surface area (Å²) in [6.07, 6.45) is 0. The van der Waals surface area contributed by atoms with E-state index < -0.39 is 0 Å². The molecule has 2 aromatic carbocycles. The molecule has 0 fully saturated rings. The predicted octanol–water partition coefficient (Wildman–Crippen LogP) is 4.19. The topological polar surface area (TPSA) is 65.0 Å². The first-order chi connectivity index (χ1) is 11.5. The minimum Gasteiger partial charge on any atom is -0.496 e. The van der Waals surface area contributed by atoms with Gasteiger partial charge >= 0.3 is 5.97 Å². The summed E-state index contributed by atoms with van der Waals surface area (Å²) >= 11 is 6.60. The summed E-state index contributed by atoms with van der Waals surface area (Å²) in [4.78, 5) is 11.1. The number of methoxy groups -OCH3 is 3. The Morgan fingerprint density at radius 2 is 1.50 bits per heavy atom. The SMILES string of the molecule is COC(=O)c1ccc(Br)c(OC)c1.COc1cc(CO)ccc1Br. The number of esters is 1. The first kappa shape index (κ1) is 20.5. The molecule has 1 N–H and O–H groups in total. The van der Waals surface area contributed by atoms with Crippen LogP contribution in [0.4, 0.5) is 0 Å². The molecule has 0 saturated carbocycles. The van der Waals surface area contributed by atoms with Gasteiger partial charge in [-0.2, -0.15) is 0 Å². The van der Waals surface area contributed by atoms with Gasteiger partial charge in [-0.1, -0.05) is 6.07 Å². The van der Waals surface area contributed by atoms with Crippen molar-refractivity contribution in [2.45, 2.75) is 6.61 Å². The van der Waals surface area contributed by atoms with Gasteiger partial charge in [-0.3, -0.25) is 0 Å². The number of halogens is 2. The van der Waals surface area contributed by atoms with Crippen LogP contribution in [-0.4, -0.2) is 32.4 Å². The van der Waals surface area contributed by atoms with Crippen molar-refractivity contribution in [3.8, 4) is 11.5 Å². The fourth-order valence-electron chi connectivity index (χ4n) is 1.71. The fraction of sp³-hybridized carbons (Fsp3) is 0.235. The van der Waals surface area contributed by atoms with Gasteiger partial charge < -0.3 is 19.3 Å². The molecule has 0 spiro atoms. The molecule has 24 heavy (non-hydrogen) atoms. The Morgan fingerprint density at radius 3 is 2.00 bits per heavy atom. The molecule has 0 bridgehead atoms. The van der Waals surface area contributed by atoms with E-state index in [0.717, 1.165) is 20.3 Å². The van der Waals surface area contributed by atoms with Gasteiger partial charge in [0, 0.05) is 0 Å². The lowest BCUT2D eigenvalue weighted by Crippen LogP contribution is -2.01. The maximum atomic E-state index is 11.1. The summed E-state index contributed by atoms with van der Waals surface area (Å²) in [5.41, 5.74) is 1.33. The number of hydrogen-bond acceptors (Lipinski definition) is 5. The van der Waals surface area contributed by atoms with Crippen LogP contribution >= 0.6 is 31.9 Å². The Labute approximate surface area is 157 Å². The minimum absolute atomic E-state index is 0.0453. The van der Waals surface area contributed by atoms with Gasteiger partial charge in [-0.05, 0) is 67.8 Å². The lowest BCUT2D eigenvalue weighted by atomic mass is 10.2. The van der Waals surface area contributed by atoms with Crippen LogP contribution in [0.2, 0.25) is 0 Å². The van der Waals surface area contributed by atoms with Crippen LogP contribution in [0.3, 0.4) is 0 Å². The molecule has 0 aliphatic rings. The highest BCUT2D eigenvalue weighted by molar-refractivity contribution is 9.10. The Hall–Kier alpha value is -1.57. The van der Waals surface area contributed by atoms with Crippen molar-refractivity contribution in [1.82, 2.24) is 0 Å². The van der Waals surface area contributed by atoms with Crippen LogP contribution < -0.4 is 9.47 Å². The van der Waals surface area contributed by atoms with Crippen LogP contribution in [0.15, 0.2) is 45.3 Å². The zero-order valence-corrected chi connectivity index (χ0v) is 16.7. The van der Waals surface area contributed by atoms with Gasteiger partial charge in [0.25, 0.3) is 0 Å². The van der Waals surface area contributed by atoms with Crippen molar-refractivity contribution >= 4 is 37.8 Å². The van der Waals surface area contributed by atoms with Gasteiger partial charge in [-0.15, -0.1) is 0 Å². The number of ether oxygens (including phenoxy) is 3. The molecule has 2 aromatic rings. The summed E-state index contributed by atoms with van der Waals surface area (Å²) < 4.78 is 16.3. The van der Waals surface area contributed by atoms with Crippen molar-refractivity contribution in [3.63, 3.8) is 0 Å². The molecule has 0 radical (unpaired) electrons. The van der Waals surface area contributed by atoms with Crippen LogP contribution in [0.25, 0.3) is 0 Å². The van der Waals surface area contributed by atoms with E-state index in [1.54, 1.807) is 38.5 Å². The first-order valence-corrected chi connectivity index (χ1v) is 8.40. The molecule has 0 aromatic heterocycles. The summed E-state index contributed by atoms with van der Waals surface area (Å²) in [5, 5.41) is 8.78. The van der Waals surface area contributed by atoms with Crippen molar-refractivity contribution < 1.29 is 24.1 Å². The number of carbonyl (C=O) groups is 1. The number of hydrogen-bond donors (Lipinski definition) is 1. The molecule has 0 unspecified atom stereocenters. The maximum Gasteiger partial charge on any atom is 0.337 e. The summed E-state index contributed by atoms with van der Waals surface area (Å²) in [6.45, 7) is 0.0453. The largest absolute Gasteiger partial charge is 0.496 e. The second kappa shape index (κ2) is 10.3. The molecule has 5 nitrogen and oxygen atoms in total.